The lowest BCUT2D eigenvalue weighted by atomic mass is 10.5. The van der Waals surface area contributed by atoms with Gasteiger partial charge in [-0.1, -0.05) is 0 Å². The van der Waals surface area contributed by atoms with Crippen LogP contribution in [0.1, 0.15) is 11.5 Å². The van der Waals surface area contributed by atoms with Crippen LogP contribution in [0.15, 0.2) is 39.9 Å². The van der Waals surface area contributed by atoms with Crippen molar-refractivity contribution in [2.75, 3.05) is 0 Å². The van der Waals surface area contributed by atoms with Crippen LogP contribution in [0.5, 0.6) is 0 Å². The molecule has 0 fully saturated rings. The van der Waals surface area contributed by atoms with E-state index in [4.69, 9.17) is 4.42 Å². The molecule has 3 nitrogen and oxygen atoms in total. The van der Waals surface area contributed by atoms with Gasteiger partial charge >= 0.3 is 0 Å². The number of aryl methyl sites for hydroxylation is 2. The Hall–Kier alpha value is -1.51. The Morgan fingerprint density at radius 3 is 2.33 bits per heavy atom. The van der Waals surface area contributed by atoms with Crippen molar-refractivity contribution in [1.82, 2.24) is 4.98 Å². The minimum atomic E-state index is 0.926. The molecule has 64 valence electrons. The molecule has 2 aromatic heterocycles. The van der Waals surface area contributed by atoms with Gasteiger partial charge in [-0.3, -0.25) is 0 Å². The summed E-state index contributed by atoms with van der Waals surface area (Å²) >= 11 is 0. The van der Waals surface area contributed by atoms with Crippen molar-refractivity contribution >= 4 is 0 Å². The molecule has 0 bridgehead atoms. The number of nitrogens with zero attached hydrogens (tertiary/aromatic N) is 1. The smallest absolute Gasteiger partial charge is 0.180 e. The minimum absolute atomic E-state index is 0.926. The number of oxazole rings is 1. The van der Waals surface area contributed by atoms with Crippen molar-refractivity contribution in [3.05, 3.63) is 42.5 Å². The summed E-state index contributed by atoms with van der Waals surface area (Å²) in [5.74, 6) is 0.968. The molecule has 12 heavy (non-hydrogen) atoms. The molecule has 0 aliphatic heterocycles. The van der Waals surface area contributed by atoms with Crippen LogP contribution in [0.4, 0.5) is 0 Å². The Labute approximate surface area is 71.0 Å². The van der Waals surface area contributed by atoms with Crippen molar-refractivity contribution in [1.29, 1.82) is 0 Å². The topological polar surface area (TPSA) is 39.2 Å². The number of rotatable bonds is 0. The summed E-state index contributed by atoms with van der Waals surface area (Å²) in [5, 5.41) is 0. The second kappa shape index (κ2) is 4.38. The lowest BCUT2D eigenvalue weighted by Crippen LogP contribution is -1.59. The monoisotopic (exact) mass is 165 g/mol. The summed E-state index contributed by atoms with van der Waals surface area (Å²) in [6.45, 7) is 3.80. The molecule has 0 N–H and O–H groups in total. The third-order valence-electron chi connectivity index (χ3n) is 1.22. The van der Waals surface area contributed by atoms with Gasteiger partial charge in [-0.2, -0.15) is 0 Å². The van der Waals surface area contributed by atoms with E-state index in [1.165, 1.54) is 6.39 Å². The van der Waals surface area contributed by atoms with E-state index in [1.807, 2.05) is 26.0 Å². The van der Waals surface area contributed by atoms with Crippen LogP contribution in [0.3, 0.4) is 0 Å². The first-order chi connectivity index (χ1) is 5.79. The Kier molecular flexibility index (Phi) is 3.14. The minimum Gasteiger partial charge on any atom is -0.470 e. The molecule has 0 saturated carbocycles. The molecule has 0 aliphatic carbocycles. The maximum absolute atomic E-state index is 4.83. The molecule has 3 heteroatoms. The van der Waals surface area contributed by atoms with Crippen molar-refractivity contribution in [3.63, 3.8) is 0 Å². The van der Waals surface area contributed by atoms with Crippen LogP contribution < -0.4 is 0 Å². The molecule has 0 spiro atoms. The summed E-state index contributed by atoms with van der Waals surface area (Å²) in [6, 6.07) is 3.79. The van der Waals surface area contributed by atoms with Gasteiger partial charge in [0, 0.05) is 0 Å². The highest BCUT2D eigenvalue weighted by molar-refractivity contribution is 4.93. The zero-order valence-electron chi connectivity index (χ0n) is 7.15. The van der Waals surface area contributed by atoms with E-state index >= 15 is 0 Å². The number of hydrogen-bond donors (Lipinski definition) is 0. The van der Waals surface area contributed by atoms with Gasteiger partial charge in [-0.25, -0.2) is 4.98 Å². The van der Waals surface area contributed by atoms with Gasteiger partial charge in [0.1, 0.15) is 12.0 Å². The molecule has 0 saturated heterocycles. The average molecular weight is 165 g/mol. The van der Waals surface area contributed by atoms with Gasteiger partial charge in [-0.15, -0.1) is 0 Å². The first-order valence-electron chi connectivity index (χ1n) is 3.64. The normalized spacial score (nSPS) is 8.83. The Balaban J connectivity index is 0.000000120. The molecular weight excluding hydrogens is 154 g/mol. The van der Waals surface area contributed by atoms with Crippen molar-refractivity contribution in [2.24, 2.45) is 0 Å². The predicted octanol–water partition coefficient (Wildman–Crippen LogP) is 2.57. The molecule has 0 radical (unpaired) electrons. The predicted molar refractivity (Wildman–Crippen MR) is 44.7 cm³/mol. The van der Waals surface area contributed by atoms with Crippen LogP contribution in [0.2, 0.25) is 0 Å². The van der Waals surface area contributed by atoms with E-state index in [0.29, 0.717) is 0 Å². The first-order valence-corrected chi connectivity index (χ1v) is 3.64. The van der Waals surface area contributed by atoms with Gasteiger partial charge in [0.25, 0.3) is 0 Å². The Morgan fingerprint density at radius 2 is 2.17 bits per heavy atom. The Morgan fingerprint density at radius 1 is 1.33 bits per heavy atom. The highest BCUT2D eigenvalue weighted by Gasteiger charge is 1.77. The van der Waals surface area contributed by atoms with Crippen molar-refractivity contribution in [2.45, 2.75) is 13.8 Å². The maximum atomic E-state index is 4.83. The summed E-state index contributed by atoms with van der Waals surface area (Å²) < 4.78 is 9.44. The highest BCUT2D eigenvalue weighted by Crippen LogP contribution is 1.93. The molecule has 0 unspecified atom stereocenters. The van der Waals surface area contributed by atoms with E-state index in [1.54, 1.807) is 12.5 Å². The summed E-state index contributed by atoms with van der Waals surface area (Å²) in [6.07, 6.45) is 4.67. The van der Waals surface area contributed by atoms with Crippen LogP contribution in [0.25, 0.3) is 0 Å². The zero-order chi connectivity index (χ0) is 8.81. The zero-order valence-corrected chi connectivity index (χ0v) is 7.15. The fourth-order valence-corrected chi connectivity index (χ4v) is 0.634. The van der Waals surface area contributed by atoms with Crippen LogP contribution in [0, 0.1) is 13.8 Å². The Bertz CT molecular complexity index is 252. The molecule has 0 atom stereocenters. The summed E-state index contributed by atoms with van der Waals surface area (Å²) in [7, 11) is 0. The molecule has 0 aliphatic rings. The second-order valence-electron chi connectivity index (χ2n) is 2.35. The number of hydrogen-bond acceptors (Lipinski definition) is 3. The van der Waals surface area contributed by atoms with Crippen molar-refractivity contribution in [3.8, 4) is 0 Å². The highest BCUT2D eigenvalue weighted by atomic mass is 16.3. The molecule has 2 rings (SSSR count). The summed E-state index contributed by atoms with van der Waals surface area (Å²) in [4.78, 5) is 3.75. The SMILES string of the molecule is Cc1ccco1.Cc1cocn1. The van der Waals surface area contributed by atoms with Gasteiger partial charge in [0.2, 0.25) is 0 Å². The van der Waals surface area contributed by atoms with E-state index < -0.39 is 0 Å². The van der Waals surface area contributed by atoms with Gasteiger partial charge < -0.3 is 8.83 Å². The summed E-state index contributed by atoms with van der Waals surface area (Å²) in [5.41, 5.74) is 0.926. The largest absolute Gasteiger partial charge is 0.470 e. The van der Waals surface area contributed by atoms with Gasteiger partial charge in [-0.05, 0) is 26.0 Å². The second-order valence-corrected chi connectivity index (χ2v) is 2.35. The first kappa shape index (κ1) is 8.59. The average Bonchev–Trinajstić information content (AvgIpc) is 2.63. The third kappa shape index (κ3) is 3.05. The lowest BCUT2D eigenvalue weighted by Gasteiger charge is -1.69. The molecular formula is C9H11NO2. The fraction of sp³-hybridized carbons (Fsp3) is 0.222. The van der Waals surface area contributed by atoms with E-state index in [9.17, 15) is 0 Å². The standard InChI is InChI=1S/C5H6O.C4H5NO/c1-5-3-2-4-6-5;1-4-2-6-3-5-4/h2-4H,1H3;2-3H,1H3. The number of furan rings is 1. The van der Waals surface area contributed by atoms with Crippen LogP contribution >= 0.6 is 0 Å². The maximum Gasteiger partial charge on any atom is 0.180 e. The lowest BCUT2D eigenvalue weighted by molar-refractivity contribution is 0.534. The van der Waals surface area contributed by atoms with E-state index in [2.05, 4.69) is 9.40 Å². The van der Waals surface area contributed by atoms with Crippen LogP contribution in [-0.4, -0.2) is 4.98 Å². The third-order valence-corrected chi connectivity index (χ3v) is 1.22. The number of aromatic nitrogens is 1. The van der Waals surface area contributed by atoms with E-state index in [-0.39, 0.29) is 0 Å². The fourth-order valence-electron chi connectivity index (χ4n) is 0.634. The van der Waals surface area contributed by atoms with Crippen molar-refractivity contribution < 1.29 is 8.83 Å². The molecule has 0 amide bonds. The van der Waals surface area contributed by atoms with Crippen LogP contribution in [-0.2, 0) is 0 Å². The molecule has 2 aromatic rings. The van der Waals surface area contributed by atoms with E-state index in [0.717, 1.165) is 11.5 Å². The molecule has 0 aromatic carbocycles. The van der Waals surface area contributed by atoms with Gasteiger partial charge in [0.05, 0.1) is 12.0 Å². The molecule has 2 heterocycles. The van der Waals surface area contributed by atoms with Gasteiger partial charge in [0.15, 0.2) is 6.39 Å². The quantitative estimate of drug-likeness (QED) is 0.602.